The maximum atomic E-state index is 13.3. The van der Waals surface area contributed by atoms with Crippen LogP contribution in [0.25, 0.3) is 10.9 Å². The number of aromatic amines is 1. The summed E-state index contributed by atoms with van der Waals surface area (Å²) in [6.07, 6.45) is 1.02. The Labute approximate surface area is 195 Å². The molecule has 33 heavy (non-hydrogen) atoms. The summed E-state index contributed by atoms with van der Waals surface area (Å²) in [7, 11) is 1.30. The smallest absolute Gasteiger partial charge is 0.356 e. The van der Waals surface area contributed by atoms with Crippen molar-refractivity contribution in [2.75, 3.05) is 25.5 Å². The molecule has 2 aliphatic rings. The van der Waals surface area contributed by atoms with Crippen LogP contribution in [0.4, 0.5) is 5.69 Å². The van der Waals surface area contributed by atoms with Crippen molar-refractivity contribution in [3.05, 3.63) is 63.2 Å². The van der Waals surface area contributed by atoms with Gasteiger partial charge in [0.05, 0.1) is 18.8 Å². The number of esters is 1. The van der Waals surface area contributed by atoms with E-state index >= 15 is 0 Å². The van der Waals surface area contributed by atoms with Crippen molar-refractivity contribution in [3.8, 4) is 0 Å². The van der Waals surface area contributed by atoms with Crippen LogP contribution < -0.4 is 10.9 Å². The summed E-state index contributed by atoms with van der Waals surface area (Å²) in [5.41, 5.74) is 2.30. The number of amides is 1. The molecule has 8 nitrogen and oxygen atoms in total. The molecule has 0 spiro atoms. The lowest BCUT2D eigenvalue weighted by Crippen LogP contribution is -2.52. The summed E-state index contributed by atoms with van der Waals surface area (Å²) in [5.74, 6) is -0.269. The SMILES string of the molecule is COC(=O)c1[nH]c2ccc(Cl)cc2c1NC(=O)C(C)N1C[C@@H]2C[C@@H](C1)c1cccc(=O)n1C2. The average Bonchev–Trinajstić information content (AvgIpc) is 3.16. The summed E-state index contributed by atoms with van der Waals surface area (Å²) in [6.45, 7) is 3.96. The summed E-state index contributed by atoms with van der Waals surface area (Å²) >= 11 is 6.17. The van der Waals surface area contributed by atoms with Gasteiger partial charge in [0.25, 0.3) is 5.56 Å². The fourth-order valence-electron chi connectivity index (χ4n) is 5.19. The van der Waals surface area contributed by atoms with E-state index in [1.165, 1.54) is 7.11 Å². The Kier molecular flexibility index (Phi) is 5.50. The van der Waals surface area contributed by atoms with Gasteiger partial charge in [-0.05, 0) is 43.5 Å². The lowest BCUT2D eigenvalue weighted by atomic mass is 9.82. The van der Waals surface area contributed by atoms with Crippen molar-refractivity contribution >= 4 is 40.1 Å². The van der Waals surface area contributed by atoms with Crippen molar-refractivity contribution in [2.24, 2.45) is 5.92 Å². The van der Waals surface area contributed by atoms with E-state index in [9.17, 15) is 14.4 Å². The van der Waals surface area contributed by atoms with Gasteiger partial charge in [-0.1, -0.05) is 17.7 Å². The van der Waals surface area contributed by atoms with Gasteiger partial charge in [-0.15, -0.1) is 0 Å². The van der Waals surface area contributed by atoms with Crippen LogP contribution in [0.15, 0.2) is 41.2 Å². The number of halogens is 1. The molecular weight excluding hydrogens is 444 g/mol. The number of anilines is 1. The molecule has 0 saturated carbocycles. The van der Waals surface area contributed by atoms with Gasteiger partial charge in [0.1, 0.15) is 5.69 Å². The molecule has 1 fully saturated rings. The number of likely N-dealkylation sites (tertiary alicyclic amines) is 1. The van der Waals surface area contributed by atoms with Crippen molar-refractivity contribution < 1.29 is 14.3 Å². The maximum Gasteiger partial charge on any atom is 0.356 e. The van der Waals surface area contributed by atoms with Gasteiger partial charge in [-0.2, -0.15) is 0 Å². The predicted molar refractivity (Wildman–Crippen MR) is 126 cm³/mol. The minimum atomic E-state index is -0.570. The van der Waals surface area contributed by atoms with Gasteiger partial charge in [0.15, 0.2) is 0 Å². The highest BCUT2D eigenvalue weighted by Gasteiger charge is 2.37. The molecule has 2 bridgehead atoms. The van der Waals surface area contributed by atoms with Crippen LogP contribution in [0.3, 0.4) is 0 Å². The monoisotopic (exact) mass is 468 g/mol. The molecule has 3 aromatic rings. The number of nitrogens with one attached hydrogen (secondary N) is 2. The van der Waals surface area contributed by atoms with Crippen molar-refractivity contribution in [1.29, 1.82) is 0 Å². The van der Waals surface area contributed by atoms with E-state index in [0.717, 1.165) is 18.7 Å². The number of hydrogen-bond acceptors (Lipinski definition) is 5. The Morgan fingerprint density at radius 1 is 1.21 bits per heavy atom. The molecule has 2 aromatic heterocycles. The highest BCUT2D eigenvalue weighted by Crippen LogP contribution is 2.36. The second-order valence-corrected chi connectivity index (χ2v) is 9.31. The number of benzene rings is 1. The third-order valence-electron chi connectivity index (χ3n) is 6.83. The highest BCUT2D eigenvalue weighted by atomic mass is 35.5. The number of piperidine rings is 1. The van der Waals surface area contributed by atoms with Crippen LogP contribution >= 0.6 is 11.6 Å². The molecule has 2 aliphatic heterocycles. The van der Waals surface area contributed by atoms with E-state index in [0.29, 0.717) is 40.6 Å². The van der Waals surface area contributed by atoms with Gasteiger partial charge in [0, 0.05) is 53.2 Å². The first kappa shape index (κ1) is 21.7. The van der Waals surface area contributed by atoms with Crippen LogP contribution in [0.2, 0.25) is 5.02 Å². The molecule has 0 aliphatic carbocycles. The van der Waals surface area contributed by atoms with E-state index in [4.69, 9.17) is 16.3 Å². The minimum Gasteiger partial charge on any atom is -0.464 e. The summed E-state index contributed by atoms with van der Waals surface area (Å²) in [6, 6.07) is 10.2. The van der Waals surface area contributed by atoms with E-state index in [1.807, 2.05) is 17.6 Å². The Balaban J connectivity index is 1.40. The van der Waals surface area contributed by atoms with E-state index in [1.54, 1.807) is 30.3 Å². The van der Waals surface area contributed by atoms with Crippen LogP contribution in [0.1, 0.15) is 35.4 Å². The van der Waals surface area contributed by atoms with Crippen LogP contribution in [0.5, 0.6) is 0 Å². The average molecular weight is 469 g/mol. The number of ether oxygens (including phenoxy) is 1. The molecule has 1 aromatic carbocycles. The predicted octanol–water partition coefficient (Wildman–Crippen LogP) is 3.22. The Morgan fingerprint density at radius 2 is 2.03 bits per heavy atom. The molecule has 3 atom stereocenters. The van der Waals surface area contributed by atoms with Crippen LogP contribution in [0, 0.1) is 5.92 Å². The lowest BCUT2D eigenvalue weighted by molar-refractivity contribution is -0.121. The quantitative estimate of drug-likeness (QED) is 0.573. The third-order valence-corrected chi connectivity index (χ3v) is 7.07. The molecule has 1 saturated heterocycles. The number of nitrogens with zero attached hydrogens (tertiary/aromatic N) is 2. The largest absolute Gasteiger partial charge is 0.464 e. The number of carbonyl (C=O) groups excluding carboxylic acids is 2. The molecule has 2 N–H and O–H groups in total. The van der Waals surface area contributed by atoms with Crippen LogP contribution in [-0.4, -0.2) is 52.6 Å². The number of pyridine rings is 1. The molecule has 0 radical (unpaired) electrons. The second-order valence-electron chi connectivity index (χ2n) is 8.87. The van der Waals surface area contributed by atoms with E-state index < -0.39 is 12.0 Å². The summed E-state index contributed by atoms with van der Waals surface area (Å²) in [4.78, 5) is 43.1. The molecule has 5 rings (SSSR count). The zero-order chi connectivity index (χ0) is 23.3. The second kappa shape index (κ2) is 8.35. The number of hydrogen-bond donors (Lipinski definition) is 2. The van der Waals surface area contributed by atoms with Crippen molar-refractivity contribution in [1.82, 2.24) is 14.5 Å². The first-order valence-electron chi connectivity index (χ1n) is 11.0. The Hall–Kier alpha value is -3.10. The van der Waals surface area contributed by atoms with Gasteiger partial charge in [0.2, 0.25) is 5.91 Å². The minimum absolute atomic E-state index is 0.0368. The molecular formula is C24H25ClN4O4. The summed E-state index contributed by atoms with van der Waals surface area (Å²) in [5, 5.41) is 4.09. The zero-order valence-corrected chi connectivity index (χ0v) is 19.2. The highest BCUT2D eigenvalue weighted by molar-refractivity contribution is 6.31. The van der Waals surface area contributed by atoms with Crippen LogP contribution in [-0.2, 0) is 16.1 Å². The molecule has 4 heterocycles. The Morgan fingerprint density at radius 3 is 2.82 bits per heavy atom. The number of H-pyrrole nitrogens is 1. The molecule has 9 heteroatoms. The Bertz CT molecular complexity index is 1310. The topological polar surface area (TPSA) is 96.4 Å². The van der Waals surface area contributed by atoms with Gasteiger partial charge < -0.3 is 19.6 Å². The maximum absolute atomic E-state index is 13.3. The van der Waals surface area contributed by atoms with Gasteiger partial charge in [-0.3, -0.25) is 14.5 Å². The number of fused-ring (bicyclic) bond motifs is 5. The number of rotatable bonds is 4. The molecule has 1 unspecified atom stereocenters. The first-order chi connectivity index (χ1) is 15.9. The van der Waals surface area contributed by atoms with Gasteiger partial charge >= 0.3 is 5.97 Å². The number of methoxy groups -OCH3 is 1. The molecule has 172 valence electrons. The zero-order valence-electron chi connectivity index (χ0n) is 18.4. The number of carbonyl (C=O) groups is 2. The fourth-order valence-corrected chi connectivity index (χ4v) is 5.36. The molecule has 1 amide bonds. The lowest BCUT2D eigenvalue weighted by Gasteiger charge is -2.44. The first-order valence-corrected chi connectivity index (χ1v) is 11.4. The summed E-state index contributed by atoms with van der Waals surface area (Å²) < 4.78 is 6.77. The van der Waals surface area contributed by atoms with Crippen molar-refractivity contribution in [3.63, 3.8) is 0 Å². The normalized spacial score (nSPS) is 20.8. The van der Waals surface area contributed by atoms with E-state index in [-0.39, 0.29) is 23.1 Å². The van der Waals surface area contributed by atoms with Gasteiger partial charge in [-0.25, -0.2) is 4.79 Å². The number of aromatic nitrogens is 2. The van der Waals surface area contributed by atoms with Crippen molar-refractivity contribution in [2.45, 2.75) is 31.8 Å². The standard InChI is InChI=1S/C24H25ClN4O4/c1-13(28-10-14-8-15(12-28)19-4-3-5-20(30)29(19)11-14)23(31)27-21-17-9-16(25)6-7-18(17)26-22(21)24(32)33-2/h3-7,9,13-15,26H,8,10-12H2,1-2H3,(H,27,31)/t13?,14-,15-/m0/s1. The third kappa shape index (κ3) is 3.83. The van der Waals surface area contributed by atoms with E-state index in [2.05, 4.69) is 15.2 Å². The fraction of sp³-hybridized carbons (Fsp3) is 0.375.